The first-order valence-corrected chi connectivity index (χ1v) is 8.76. The van der Waals surface area contributed by atoms with Gasteiger partial charge in [-0.2, -0.15) is 0 Å². The average molecular weight is 283 g/mol. The Labute approximate surface area is 127 Å². The van der Waals surface area contributed by atoms with Gasteiger partial charge in [-0.3, -0.25) is 0 Å². The molecule has 1 N–H and O–H groups in total. The molecule has 20 heavy (non-hydrogen) atoms. The van der Waals surface area contributed by atoms with Crippen LogP contribution >= 0.6 is 0 Å². The monoisotopic (exact) mass is 282 g/mol. The molecule has 0 rings (SSSR count). The molecule has 3 atom stereocenters. The van der Waals surface area contributed by atoms with Crippen LogP contribution in [0, 0.1) is 17.8 Å². The summed E-state index contributed by atoms with van der Waals surface area (Å²) in [5, 5.41) is 9.42. The van der Waals surface area contributed by atoms with Crippen LogP contribution in [0.2, 0.25) is 0 Å². The van der Waals surface area contributed by atoms with Crippen molar-refractivity contribution in [2.24, 2.45) is 17.8 Å². The van der Waals surface area contributed by atoms with Crippen molar-refractivity contribution in [1.82, 2.24) is 0 Å². The quantitative estimate of drug-likeness (QED) is 0.412. The molecule has 1 nitrogen and oxygen atoms in total. The van der Waals surface area contributed by atoms with E-state index in [-0.39, 0.29) is 6.10 Å². The summed E-state index contributed by atoms with van der Waals surface area (Å²) >= 11 is 0. The van der Waals surface area contributed by atoms with Crippen molar-refractivity contribution in [3.63, 3.8) is 0 Å². The van der Waals surface area contributed by atoms with Crippen molar-refractivity contribution in [2.45, 2.75) is 91.6 Å². The maximum atomic E-state index is 9.42. The Balaban J connectivity index is 3.45. The first-order valence-electron chi connectivity index (χ1n) is 8.76. The minimum absolute atomic E-state index is 0.303. The first-order chi connectivity index (χ1) is 9.45. The number of aliphatic hydroxyl groups excluding tert-OH is 1. The summed E-state index contributed by atoms with van der Waals surface area (Å²) in [6, 6.07) is 0. The van der Waals surface area contributed by atoms with Gasteiger partial charge in [0.1, 0.15) is 0 Å². The van der Waals surface area contributed by atoms with Gasteiger partial charge < -0.3 is 5.11 Å². The Morgan fingerprint density at radius 1 is 0.750 bits per heavy atom. The zero-order chi connectivity index (χ0) is 15.4. The van der Waals surface area contributed by atoms with Gasteiger partial charge in [0.25, 0.3) is 0 Å². The molecule has 0 fully saturated rings. The van der Waals surface area contributed by atoms with Crippen molar-refractivity contribution in [3.8, 4) is 0 Å². The number of hydrogen-bond donors (Lipinski definition) is 1. The second-order valence-corrected chi connectivity index (χ2v) is 7.20. The standard InChI is InChI=1S/C19H38O/c1-6-19(20)15-9-14-18(5)13-8-12-17(4)11-7-10-16(2)3/h6,16-20H,1,7-15H2,2-5H3. The maximum Gasteiger partial charge on any atom is 0.0718 e. The Morgan fingerprint density at radius 3 is 1.55 bits per heavy atom. The van der Waals surface area contributed by atoms with Gasteiger partial charge in [0, 0.05) is 0 Å². The van der Waals surface area contributed by atoms with E-state index in [0.29, 0.717) is 0 Å². The van der Waals surface area contributed by atoms with Crippen LogP contribution < -0.4 is 0 Å². The summed E-state index contributed by atoms with van der Waals surface area (Å²) < 4.78 is 0. The fourth-order valence-corrected chi connectivity index (χ4v) is 2.77. The number of hydrogen-bond acceptors (Lipinski definition) is 1. The third kappa shape index (κ3) is 12.7. The average Bonchev–Trinajstić information content (AvgIpc) is 2.38. The predicted molar refractivity (Wildman–Crippen MR) is 90.9 cm³/mol. The van der Waals surface area contributed by atoms with Crippen molar-refractivity contribution >= 4 is 0 Å². The summed E-state index contributed by atoms with van der Waals surface area (Å²) in [5.41, 5.74) is 0. The molecule has 0 aliphatic heterocycles. The minimum Gasteiger partial charge on any atom is -0.389 e. The van der Waals surface area contributed by atoms with Crippen molar-refractivity contribution in [3.05, 3.63) is 12.7 Å². The zero-order valence-corrected chi connectivity index (χ0v) is 14.4. The predicted octanol–water partition coefficient (Wildman–Crippen LogP) is 5.97. The van der Waals surface area contributed by atoms with E-state index in [9.17, 15) is 5.11 Å². The molecule has 0 saturated carbocycles. The lowest BCUT2D eigenvalue weighted by Gasteiger charge is -2.15. The SMILES string of the molecule is C=CC(O)CCCC(C)CCCC(C)CCCC(C)C. The molecule has 0 aromatic carbocycles. The molecule has 0 aliphatic rings. The largest absolute Gasteiger partial charge is 0.389 e. The highest BCUT2D eigenvalue weighted by atomic mass is 16.3. The van der Waals surface area contributed by atoms with Gasteiger partial charge in [0.15, 0.2) is 0 Å². The van der Waals surface area contributed by atoms with Crippen LogP contribution in [-0.4, -0.2) is 11.2 Å². The highest BCUT2D eigenvalue weighted by molar-refractivity contribution is 4.77. The lowest BCUT2D eigenvalue weighted by molar-refractivity contribution is 0.205. The molecule has 0 aliphatic carbocycles. The van der Waals surface area contributed by atoms with Crippen LogP contribution in [0.15, 0.2) is 12.7 Å². The van der Waals surface area contributed by atoms with Crippen LogP contribution in [0.4, 0.5) is 0 Å². The second kappa shape index (κ2) is 12.4. The van der Waals surface area contributed by atoms with Crippen LogP contribution in [0.1, 0.15) is 85.5 Å². The van der Waals surface area contributed by atoms with E-state index in [2.05, 4.69) is 34.3 Å². The maximum absolute atomic E-state index is 9.42. The van der Waals surface area contributed by atoms with E-state index in [1.165, 1.54) is 44.9 Å². The topological polar surface area (TPSA) is 20.2 Å². The molecule has 0 heterocycles. The first kappa shape index (κ1) is 19.7. The van der Waals surface area contributed by atoms with Gasteiger partial charge in [-0.1, -0.05) is 85.1 Å². The van der Waals surface area contributed by atoms with E-state index in [4.69, 9.17) is 0 Å². The molecular weight excluding hydrogens is 244 g/mol. The van der Waals surface area contributed by atoms with E-state index >= 15 is 0 Å². The van der Waals surface area contributed by atoms with E-state index in [1.54, 1.807) is 6.08 Å². The second-order valence-electron chi connectivity index (χ2n) is 7.20. The van der Waals surface area contributed by atoms with Gasteiger partial charge in [0.2, 0.25) is 0 Å². The smallest absolute Gasteiger partial charge is 0.0718 e. The summed E-state index contributed by atoms with van der Waals surface area (Å²) in [5.74, 6) is 2.55. The third-order valence-electron chi connectivity index (χ3n) is 4.34. The molecule has 0 spiro atoms. The highest BCUT2D eigenvalue weighted by Gasteiger charge is 2.07. The summed E-state index contributed by atoms with van der Waals surface area (Å²) in [6.07, 6.45) is 12.9. The van der Waals surface area contributed by atoms with E-state index < -0.39 is 0 Å². The Morgan fingerprint density at radius 2 is 1.15 bits per heavy atom. The molecule has 0 bridgehead atoms. The molecule has 0 aromatic rings. The van der Waals surface area contributed by atoms with E-state index in [0.717, 1.165) is 30.6 Å². The lowest BCUT2D eigenvalue weighted by atomic mass is 9.92. The molecule has 0 amide bonds. The zero-order valence-electron chi connectivity index (χ0n) is 14.4. The van der Waals surface area contributed by atoms with Gasteiger partial charge in [-0.05, 0) is 24.2 Å². The van der Waals surface area contributed by atoms with Crippen LogP contribution in [0.25, 0.3) is 0 Å². The van der Waals surface area contributed by atoms with Crippen molar-refractivity contribution in [2.75, 3.05) is 0 Å². The van der Waals surface area contributed by atoms with Crippen molar-refractivity contribution in [1.29, 1.82) is 0 Å². The van der Waals surface area contributed by atoms with Gasteiger partial charge >= 0.3 is 0 Å². The summed E-state index contributed by atoms with van der Waals surface area (Å²) in [7, 11) is 0. The third-order valence-corrected chi connectivity index (χ3v) is 4.34. The fourth-order valence-electron chi connectivity index (χ4n) is 2.77. The molecule has 1 heteroatoms. The number of aliphatic hydroxyl groups is 1. The summed E-state index contributed by atoms with van der Waals surface area (Å²) in [4.78, 5) is 0. The molecule has 120 valence electrons. The van der Waals surface area contributed by atoms with Crippen LogP contribution in [0.3, 0.4) is 0 Å². The molecule has 0 radical (unpaired) electrons. The minimum atomic E-state index is -0.303. The lowest BCUT2D eigenvalue weighted by Crippen LogP contribution is -2.03. The fraction of sp³-hybridized carbons (Fsp3) is 0.895. The van der Waals surface area contributed by atoms with Gasteiger partial charge in [0.05, 0.1) is 6.10 Å². The van der Waals surface area contributed by atoms with Gasteiger partial charge in [-0.15, -0.1) is 6.58 Å². The Kier molecular flexibility index (Phi) is 12.3. The Bertz CT molecular complexity index is 222. The molecule has 0 aromatic heterocycles. The normalized spacial score (nSPS) is 16.1. The van der Waals surface area contributed by atoms with Gasteiger partial charge in [-0.25, -0.2) is 0 Å². The molecule has 0 saturated heterocycles. The number of rotatable bonds is 13. The highest BCUT2D eigenvalue weighted by Crippen LogP contribution is 2.21. The van der Waals surface area contributed by atoms with Crippen LogP contribution in [0.5, 0.6) is 0 Å². The van der Waals surface area contributed by atoms with E-state index in [1.807, 2.05) is 0 Å². The molecule has 3 unspecified atom stereocenters. The summed E-state index contributed by atoms with van der Waals surface area (Å²) in [6.45, 7) is 13.0. The Hall–Kier alpha value is -0.300. The van der Waals surface area contributed by atoms with Crippen molar-refractivity contribution < 1.29 is 5.11 Å². The van der Waals surface area contributed by atoms with Crippen LogP contribution in [-0.2, 0) is 0 Å². The molecular formula is C19H38O.